The SMILES string of the molecule is CC(C)[C@@H](NC(=O)c1ccnc2[nH]ccc12)C(=O)N1CC(C#N)C1. The predicted octanol–water partition coefficient (Wildman–Crippen LogP) is 1.30. The van der Waals surface area contributed by atoms with Crippen LogP contribution in [-0.2, 0) is 4.79 Å². The van der Waals surface area contributed by atoms with Gasteiger partial charge in [-0.05, 0) is 18.1 Å². The zero-order chi connectivity index (χ0) is 17.3. The lowest BCUT2D eigenvalue weighted by molar-refractivity contribution is -0.139. The molecule has 2 N–H and O–H groups in total. The van der Waals surface area contributed by atoms with Gasteiger partial charge >= 0.3 is 0 Å². The first-order valence-corrected chi connectivity index (χ1v) is 7.92. The van der Waals surface area contributed by atoms with E-state index < -0.39 is 6.04 Å². The Bertz CT molecular complexity index is 814. The Morgan fingerprint density at radius 1 is 1.42 bits per heavy atom. The number of amides is 2. The number of nitrogens with zero attached hydrogens (tertiary/aromatic N) is 3. The maximum Gasteiger partial charge on any atom is 0.252 e. The number of hydrogen-bond donors (Lipinski definition) is 2. The summed E-state index contributed by atoms with van der Waals surface area (Å²) < 4.78 is 0. The van der Waals surface area contributed by atoms with E-state index in [-0.39, 0.29) is 23.7 Å². The average molecular weight is 325 g/mol. The Kier molecular flexibility index (Phi) is 4.21. The summed E-state index contributed by atoms with van der Waals surface area (Å²) in [6, 6.07) is 4.96. The highest BCUT2D eigenvalue weighted by molar-refractivity contribution is 6.06. The number of fused-ring (bicyclic) bond motifs is 1. The molecule has 2 aromatic rings. The van der Waals surface area contributed by atoms with Crippen LogP contribution in [0.15, 0.2) is 24.5 Å². The fourth-order valence-corrected chi connectivity index (χ4v) is 2.83. The molecular formula is C17H19N5O2. The summed E-state index contributed by atoms with van der Waals surface area (Å²) in [5.41, 5.74) is 1.12. The minimum Gasteiger partial charge on any atom is -0.346 e. The standard InChI is InChI=1S/C17H19N5O2/c1-10(2)14(17(24)22-8-11(7-18)9-22)21-16(23)13-4-6-20-15-12(13)3-5-19-15/h3-6,10-11,14H,8-9H2,1-2H3,(H,19,20)(H,21,23)/t14-/m1/s1. The molecule has 1 aliphatic heterocycles. The predicted molar refractivity (Wildman–Crippen MR) is 87.9 cm³/mol. The van der Waals surface area contributed by atoms with E-state index in [0.29, 0.717) is 24.3 Å². The molecule has 0 radical (unpaired) electrons. The number of nitrogens with one attached hydrogen (secondary N) is 2. The second kappa shape index (κ2) is 6.32. The first kappa shape index (κ1) is 16.0. The van der Waals surface area contributed by atoms with Gasteiger partial charge in [-0.15, -0.1) is 0 Å². The summed E-state index contributed by atoms with van der Waals surface area (Å²) in [4.78, 5) is 34.0. The van der Waals surface area contributed by atoms with Crippen molar-refractivity contribution in [3.63, 3.8) is 0 Å². The summed E-state index contributed by atoms with van der Waals surface area (Å²) in [5.74, 6) is -0.584. The van der Waals surface area contributed by atoms with Gasteiger partial charge < -0.3 is 15.2 Å². The summed E-state index contributed by atoms with van der Waals surface area (Å²) >= 11 is 0. The number of carbonyl (C=O) groups is 2. The van der Waals surface area contributed by atoms with Crippen LogP contribution < -0.4 is 5.32 Å². The molecule has 1 atom stereocenters. The molecule has 2 amide bonds. The molecule has 1 fully saturated rings. The van der Waals surface area contributed by atoms with Gasteiger partial charge in [-0.3, -0.25) is 9.59 Å². The van der Waals surface area contributed by atoms with Crippen LogP contribution in [0.5, 0.6) is 0 Å². The third-order valence-electron chi connectivity index (χ3n) is 4.30. The van der Waals surface area contributed by atoms with Gasteiger partial charge in [0.15, 0.2) is 0 Å². The van der Waals surface area contributed by atoms with Crippen LogP contribution in [0.1, 0.15) is 24.2 Å². The number of pyridine rings is 1. The number of hydrogen-bond acceptors (Lipinski definition) is 4. The van der Waals surface area contributed by atoms with Crippen LogP contribution >= 0.6 is 0 Å². The second-order valence-electron chi connectivity index (χ2n) is 6.36. The highest BCUT2D eigenvalue weighted by Crippen LogP contribution is 2.19. The largest absolute Gasteiger partial charge is 0.346 e. The number of carbonyl (C=O) groups excluding carboxylic acids is 2. The van der Waals surface area contributed by atoms with Gasteiger partial charge in [0.2, 0.25) is 5.91 Å². The molecule has 2 aromatic heterocycles. The molecule has 0 aromatic carbocycles. The van der Waals surface area contributed by atoms with Crippen molar-refractivity contribution >= 4 is 22.8 Å². The Labute approximate surface area is 139 Å². The number of H-pyrrole nitrogens is 1. The van der Waals surface area contributed by atoms with Gasteiger partial charge in [0, 0.05) is 30.9 Å². The Balaban J connectivity index is 1.76. The monoisotopic (exact) mass is 325 g/mol. The van der Waals surface area contributed by atoms with Crippen molar-refractivity contribution in [2.45, 2.75) is 19.9 Å². The van der Waals surface area contributed by atoms with Crippen molar-refractivity contribution < 1.29 is 9.59 Å². The Morgan fingerprint density at radius 3 is 2.83 bits per heavy atom. The second-order valence-corrected chi connectivity index (χ2v) is 6.36. The van der Waals surface area contributed by atoms with E-state index in [1.54, 1.807) is 29.4 Å². The molecule has 7 heteroatoms. The van der Waals surface area contributed by atoms with Gasteiger partial charge in [-0.25, -0.2) is 4.98 Å². The molecule has 0 aliphatic carbocycles. The number of aromatic amines is 1. The quantitative estimate of drug-likeness (QED) is 0.884. The maximum atomic E-state index is 12.6. The molecule has 1 aliphatic rings. The highest BCUT2D eigenvalue weighted by atomic mass is 16.2. The molecule has 0 bridgehead atoms. The number of rotatable bonds is 4. The van der Waals surface area contributed by atoms with E-state index in [0.717, 1.165) is 5.39 Å². The van der Waals surface area contributed by atoms with E-state index in [1.807, 2.05) is 13.8 Å². The summed E-state index contributed by atoms with van der Waals surface area (Å²) in [7, 11) is 0. The molecule has 0 spiro atoms. The van der Waals surface area contributed by atoms with Crippen LogP contribution in [0.3, 0.4) is 0 Å². The maximum absolute atomic E-state index is 12.6. The Hall–Kier alpha value is -2.88. The topological polar surface area (TPSA) is 102 Å². The fourth-order valence-electron chi connectivity index (χ4n) is 2.83. The van der Waals surface area contributed by atoms with E-state index in [9.17, 15) is 9.59 Å². The first-order chi connectivity index (χ1) is 11.5. The minimum atomic E-state index is -0.612. The lowest BCUT2D eigenvalue weighted by Gasteiger charge is -2.38. The van der Waals surface area contributed by atoms with Crippen LogP contribution in [0.2, 0.25) is 0 Å². The molecule has 1 saturated heterocycles. The third-order valence-corrected chi connectivity index (χ3v) is 4.30. The number of nitriles is 1. The van der Waals surface area contributed by atoms with E-state index >= 15 is 0 Å². The van der Waals surface area contributed by atoms with E-state index in [2.05, 4.69) is 21.4 Å². The average Bonchev–Trinajstić information content (AvgIpc) is 2.99. The Morgan fingerprint density at radius 2 is 2.17 bits per heavy atom. The van der Waals surface area contributed by atoms with Crippen molar-refractivity contribution in [3.8, 4) is 6.07 Å². The van der Waals surface area contributed by atoms with E-state index in [4.69, 9.17) is 5.26 Å². The molecular weight excluding hydrogens is 306 g/mol. The van der Waals surface area contributed by atoms with Gasteiger partial charge in [0.05, 0.1) is 17.6 Å². The van der Waals surface area contributed by atoms with Crippen LogP contribution in [0.4, 0.5) is 0 Å². The zero-order valence-corrected chi connectivity index (χ0v) is 13.6. The number of aromatic nitrogens is 2. The van der Waals surface area contributed by atoms with Crippen LogP contribution in [0.25, 0.3) is 11.0 Å². The van der Waals surface area contributed by atoms with E-state index in [1.165, 1.54) is 0 Å². The van der Waals surface area contributed by atoms with Crippen molar-refractivity contribution in [2.24, 2.45) is 11.8 Å². The smallest absolute Gasteiger partial charge is 0.252 e. The van der Waals surface area contributed by atoms with Crippen molar-refractivity contribution in [2.75, 3.05) is 13.1 Å². The molecule has 24 heavy (non-hydrogen) atoms. The zero-order valence-electron chi connectivity index (χ0n) is 13.6. The molecule has 3 heterocycles. The van der Waals surface area contributed by atoms with Crippen LogP contribution in [0, 0.1) is 23.2 Å². The molecule has 7 nitrogen and oxygen atoms in total. The van der Waals surface area contributed by atoms with Gasteiger partial charge in [0.25, 0.3) is 5.91 Å². The summed E-state index contributed by atoms with van der Waals surface area (Å²) in [6.45, 7) is 4.66. The minimum absolute atomic E-state index is 0.0499. The molecule has 124 valence electrons. The summed E-state index contributed by atoms with van der Waals surface area (Å²) in [5, 5.41) is 12.4. The normalized spacial score (nSPS) is 15.8. The van der Waals surface area contributed by atoms with Crippen molar-refractivity contribution in [1.82, 2.24) is 20.2 Å². The lowest BCUT2D eigenvalue weighted by Crippen LogP contribution is -2.58. The van der Waals surface area contributed by atoms with Crippen LogP contribution in [-0.4, -0.2) is 45.8 Å². The number of likely N-dealkylation sites (tertiary alicyclic amines) is 1. The third kappa shape index (κ3) is 2.83. The van der Waals surface area contributed by atoms with Crippen molar-refractivity contribution in [3.05, 3.63) is 30.1 Å². The fraction of sp³-hybridized carbons (Fsp3) is 0.412. The van der Waals surface area contributed by atoms with Gasteiger partial charge in [-0.1, -0.05) is 13.8 Å². The summed E-state index contributed by atoms with van der Waals surface area (Å²) in [6.07, 6.45) is 3.29. The molecule has 0 saturated carbocycles. The lowest BCUT2D eigenvalue weighted by atomic mass is 9.96. The molecule has 0 unspecified atom stereocenters. The van der Waals surface area contributed by atoms with Gasteiger partial charge in [-0.2, -0.15) is 5.26 Å². The van der Waals surface area contributed by atoms with Crippen molar-refractivity contribution in [1.29, 1.82) is 5.26 Å². The molecule has 3 rings (SSSR count). The van der Waals surface area contributed by atoms with Gasteiger partial charge in [0.1, 0.15) is 11.7 Å². The first-order valence-electron chi connectivity index (χ1n) is 7.92. The highest BCUT2D eigenvalue weighted by Gasteiger charge is 2.36.